The van der Waals surface area contributed by atoms with Gasteiger partial charge in [-0.3, -0.25) is 14.5 Å². The van der Waals surface area contributed by atoms with Crippen LogP contribution in [0.3, 0.4) is 0 Å². The molecule has 2 amide bonds. The molecule has 1 aromatic rings. The van der Waals surface area contributed by atoms with Crippen LogP contribution in [0.5, 0.6) is 0 Å². The summed E-state index contributed by atoms with van der Waals surface area (Å²) in [7, 11) is 0. The Morgan fingerprint density at radius 1 is 1.28 bits per heavy atom. The highest BCUT2D eigenvalue weighted by molar-refractivity contribution is 5.79. The Bertz CT molecular complexity index is 752. The van der Waals surface area contributed by atoms with Gasteiger partial charge < -0.3 is 16.0 Å². The standard InChI is InChI=1S/C21H32N6O2/c1-13(2)20(29)23-9-18-16-6-15(17-4-3-5-19(28)27(17)18)11-26(12-16)10-14-7-24-21(22)25-8-14/h7-8,13,15-18H,3-6,9-12H2,1-2H3,(H,23,29)(H2,22,24,25)/t15-,16+,17+,18+/m1/s1. The number of nitrogen functional groups attached to an aromatic ring is 1. The molecule has 8 heteroatoms. The normalized spacial score (nSPS) is 29.6. The Balaban J connectivity index is 1.51. The highest BCUT2D eigenvalue weighted by Crippen LogP contribution is 2.41. The number of anilines is 1. The second-order valence-electron chi connectivity index (χ2n) is 9.13. The monoisotopic (exact) mass is 400 g/mol. The molecular weight excluding hydrogens is 368 g/mol. The van der Waals surface area contributed by atoms with E-state index in [0.717, 1.165) is 44.5 Å². The van der Waals surface area contributed by atoms with Crippen LogP contribution >= 0.6 is 0 Å². The van der Waals surface area contributed by atoms with Crippen molar-refractivity contribution in [2.75, 3.05) is 25.4 Å². The van der Waals surface area contributed by atoms with Gasteiger partial charge in [0.2, 0.25) is 17.8 Å². The molecule has 3 aliphatic rings. The van der Waals surface area contributed by atoms with E-state index in [1.807, 2.05) is 13.8 Å². The van der Waals surface area contributed by atoms with Gasteiger partial charge in [0, 0.05) is 62.5 Å². The fraction of sp³-hybridized carbons (Fsp3) is 0.714. The number of piperidine rings is 3. The predicted octanol–water partition coefficient (Wildman–Crippen LogP) is 1.03. The van der Waals surface area contributed by atoms with Crippen LogP contribution in [-0.4, -0.2) is 63.3 Å². The molecule has 0 aliphatic carbocycles. The summed E-state index contributed by atoms with van der Waals surface area (Å²) in [5.41, 5.74) is 6.67. The quantitative estimate of drug-likeness (QED) is 0.765. The van der Waals surface area contributed by atoms with E-state index in [0.29, 0.717) is 36.8 Å². The zero-order valence-electron chi connectivity index (χ0n) is 17.4. The van der Waals surface area contributed by atoms with Crippen molar-refractivity contribution in [1.29, 1.82) is 0 Å². The van der Waals surface area contributed by atoms with Gasteiger partial charge in [-0.05, 0) is 31.1 Å². The summed E-state index contributed by atoms with van der Waals surface area (Å²) in [5.74, 6) is 1.42. The maximum atomic E-state index is 12.8. The minimum atomic E-state index is -0.0486. The lowest BCUT2D eigenvalue weighted by molar-refractivity contribution is -0.153. The van der Waals surface area contributed by atoms with Crippen LogP contribution in [0.4, 0.5) is 5.95 Å². The first-order valence-corrected chi connectivity index (χ1v) is 10.8. The average Bonchev–Trinajstić information content (AvgIpc) is 2.70. The van der Waals surface area contributed by atoms with E-state index in [1.165, 1.54) is 0 Å². The fourth-order valence-electron chi connectivity index (χ4n) is 5.38. The smallest absolute Gasteiger partial charge is 0.223 e. The molecular formula is C21H32N6O2. The molecule has 3 N–H and O–H groups in total. The number of nitrogens with one attached hydrogen (secondary N) is 1. The zero-order chi connectivity index (χ0) is 20.5. The fourth-order valence-corrected chi connectivity index (χ4v) is 5.38. The first kappa shape index (κ1) is 20.1. The molecule has 3 aliphatic heterocycles. The summed E-state index contributed by atoms with van der Waals surface area (Å²) in [4.78, 5) is 37.8. The minimum absolute atomic E-state index is 0.0486. The molecule has 0 aromatic carbocycles. The SMILES string of the molecule is CC(C)C(=O)NC[C@H]1[C@H]2C[C@H](CN(Cc3cnc(N)nc3)C2)[C@@H]2CCCC(=O)N21. The summed E-state index contributed by atoms with van der Waals surface area (Å²) in [6.07, 6.45) is 7.39. The van der Waals surface area contributed by atoms with Gasteiger partial charge in [-0.1, -0.05) is 13.8 Å². The van der Waals surface area contributed by atoms with Crippen molar-refractivity contribution in [2.45, 2.75) is 58.2 Å². The lowest BCUT2D eigenvalue weighted by Crippen LogP contribution is -2.67. The third-order valence-corrected chi connectivity index (χ3v) is 6.71. The Hall–Kier alpha value is -2.22. The van der Waals surface area contributed by atoms with Crippen LogP contribution in [0.25, 0.3) is 0 Å². The van der Waals surface area contributed by atoms with Crippen molar-refractivity contribution in [3.05, 3.63) is 18.0 Å². The number of hydrogen-bond acceptors (Lipinski definition) is 6. The molecule has 4 rings (SSSR count). The molecule has 0 unspecified atom stereocenters. The zero-order valence-corrected chi connectivity index (χ0v) is 17.4. The van der Waals surface area contributed by atoms with Gasteiger partial charge >= 0.3 is 0 Å². The number of hydrogen-bond donors (Lipinski definition) is 2. The number of rotatable bonds is 5. The molecule has 0 saturated carbocycles. The van der Waals surface area contributed by atoms with Gasteiger partial charge in [0.15, 0.2) is 0 Å². The van der Waals surface area contributed by atoms with Gasteiger partial charge in [0.25, 0.3) is 0 Å². The van der Waals surface area contributed by atoms with Gasteiger partial charge in [-0.15, -0.1) is 0 Å². The Labute approximate surface area is 172 Å². The van der Waals surface area contributed by atoms with Crippen molar-refractivity contribution >= 4 is 17.8 Å². The first-order chi connectivity index (χ1) is 13.9. The number of fused-ring (bicyclic) bond motifs is 4. The maximum Gasteiger partial charge on any atom is 0.223 e. The highest BCUT2D eigenvalue weighted by atomic mass is 16.2. The number of carbonyl (C=O) groups is 2. The maximum absolute atomic E-state index is 12.8. The third-order valence-electron chi connectivity index (χ3n) is 6.71. The largest absolute Gasteiger partial charge is 0.368 e. The number of aromatic nitrogens is 2. The van der Waals surface area contributed by atoms with Crippen LogP contribution in [0, 0.1) is 17.8 Å². The lowest BCUT2D eigenvalue weighted by Gasteiger charge is -2.56. The van der Waals surface area contributed by atoms with E-state index in [4.69, 9.17) is 5.73 Å². The van der Waals surface area contributed by atoms with Gasteiger partial charge in [-0.2, -0.15) is 0 Å². The minimum Gasteiger partial charge on any atom is -0.368 e. The summed E-state index contributed by atoms with van der Waals surface area (Å²) < 4.78 is 0. The topological polar surface area (TPSA) is 104 Å². The molecule has 4 atom stereocenters. The summed E-state index contributed by atoms with van der Waals surface area (Å²) in [5, 5.41) is 3.09. The van der Waals surface area contributed by atoms with E-state index in [1.54, 1.807) is 12.4 Å². The van der Waals surface area contributed by atoms with Gasteiger partial charge in [0.1, 0.15) is 0 Å². The summed E-state index contributed by atoms with van der Waals surface area (Å²) in [6, 6.07) is 0.371. The van der Waals surface area contributed by atoms with E-state index in [2.05, 4.69) is 25.1 Å². The molecule has 3 saturated heterocycles. The molecule has 4 heterocycles. The molecule has 0 spiro atoms. The number of likely N-dealkylation sites (tertiary alicyclic amines) is 1. The Morgan fingerprint density at radius 2 is 2.00 bits per heavy atom. The second kappa shape index (κ2) is 8.26. The molecule has 0 radical (unpaired) electrons. The van der Waals surface area contributed by atoms with Crippen LogP contribution < -0.4 is 11.1 Å². The van der Waals surface area contributed by atoms with Crippen molar-refractivity contribution in [2.24, 2.45) is 17.8 Å². The van der Waals surface area contributed by atoms with E-state index in [-0.39, 0.29) is 23.8 Å². The highest BCUT2D eigenvalue weighted by Gasteiger charge is 2.49. The van der Waals surface area contributed by atoms with Gasteiger partial charge in [-0.25, -0.2) is 9.97 Å². The summed E-state index contributed by atoms with van der Waals surface area (Å²) in [6.45, 7) is 7.05. The number of nitrogens with two attached hydrogens (primary N) is 1. The van der Waals surface area contributed by atoms with Crippen molar-refractivity contribution < 1.29 is 9.59 Å². The first-order valence-electron chi connectivity index (χ1n) is 10.8. The molecule has 29 heavy (non-hydrogen) atoms. The van der Waals surface area contributed by atoms with Crippen molar-refractivity contribution in [3.8, 4) is 0 Å². The van der Waals surface area contributed by atoms with Crippen LogP contribution in [0.1, 0.15) is 45.1 Å². The van der Waals surface area contributed by atoms with Gasteiger partial charge in [0.05, 0.1) is 6.04 Å². The van der Waals surface area contributed by atoms with Crippen LogP contribution in [-0.2, 0) is 16.1 Å². The second-order valence-corrected chi connectivity index (χ2v) is 9.13. The van der Waals surface area contributed by atoms with E-state index in [9.17, 15) is 9.59 Å². The van der Waals surface area contributed by atoms with Crippen LogP contribution in [0.2, 0.25) is 0 Å². The van der Waals surface area contributed by atoms with Crippen molar-refractivity contribution in [1.82, 2.24) is 25.1 Å². The third kappa shape index (κ3) is 4.22. The Kier molecular flexibility index (Phi) is 5.72. The van der Waals surface area contributed by atoms with Crippen molar-refractivity contribution in [3.63, 3.8) is 0 Å². The average molecular weight is 401 g/mol. The van der Waals surface area contributed by atoms with E-state index >= 15 is 0 Å². The number of carbonyl (C=O) groups excluding carboxylic acids is 2. The molecule has 2 bridgehead atoms. The van der Waals surface area contributed by atoms with E-state index < -0.39 is 0 Å². The predicted molar refractivity (Wildman–Crippen MR) is 109 cm³/mol. The lowest BCUT2D eigenvalue weighted by atomic mass is 9.72. The van der Waals surface area contributed by atoms with Crippen LogP contribution in [0.15, 0.2) is 12.4 Å². The molecule has 158 valence electrons. The summed E-state index contributed by atoms with van der Waals surface area (Å²) >= 11 is 0. The molecule has 3 fully saturated rings. The molecule has 8 nitrogen and oxygen atoms in total. The Morgan fingerprint density at radius 3 is 2.72 bits per heavy atom. The number of nitrogens with zero attached hydrogens (tertiary/aromatic N) is 4. The molecule has 1 aromatic heterocycles. The number of amides is 2.